The molecule has 2 saturated heterocycles. The molecule has 3 heterocycles. The Morgan fingerprint density at radius 2 is 2.18 bits per heavy atom. The van der Waals surface area contributed by atoms with Gasteiger partial charge in [-0.15, -0.1) is 6.58 Å². The number of amides is 1. The van der Waals surface area contributed by atoms with Crippen molar-refractivity contribution in [1.29, 1.82) is 0 Å². The van der Waals surface area contributed by atoms with Gasteiger partial charge >= 0.3 is 0 Å². The Morgan fingerprint density at radius 1 is 1.44 bits per heavy atom. The Labute approximate surface area is 209 Å². The van der Waals surface area contributed by atoms with E-state index in [1.54, 1.807) is 38.5 Å². The van der Waals surface area contributed by atoms with Crippen LogP contribution in [0.3, 0.4) is 0 Å². The number of anilines is 1. The van der Waals surface area contributed by atoms with Gasteiger partial charge in [-0.05, 0) is 25.0 Å². The lowest BCUT2D eigenvalue weighted by atomic mass is 9.73. The Balaban J connectivity index is 1.50. The van der Waals surface area contributed by atoms with Gasteiger partial charge in [-0.2, -0.15) is 0 Å². The van der Waals surface area contributed by atoms with E-state index in [1.165, 1.54) is 16.7 Å². The minimum Gasteiger partial charge on any atom is -0.390 e. The lowest BCUT2D eigenvalue weighted by Gasteiger charge is -2.41. The smallest absolute Gasteiger partial charge is 0.254 e. The van der Waals surface area contributed by atoms with Gasteiger partial charge in [0.25, 0.3) is 5.91 Å². The molecule has 0 saturated carbocycles. The van der Waals surface area contributed by atoms with Crippen LogP contribution in [0.2, 0.25) is 5.02 Å². The summed E-state index contributed by atoms with van der Waals surface area (Å²) in [6.07, 6.45) is 5.12. The van der Waals surface area contributed by atoms with Crippen LogP contribution in [0.25, 0.3) is 0 Å². The molecule has 1 aromatic carbocycles. The number of piperidine rings is 1. The molecule has 10 heteroatoms. The Bertz CT molecular complexity index is 1070. The fourth-order valence-corrected chi connectivity index (χ4v) is 5.75. The monoisotopic (exact) mass is 503 g/mol. The molecule has 3 N–H and O–H groups in total. The second-order valence-corrected chi connectivity index (χ2v) is 10.4. The van der Waals surface area contributed by atoms with Gasteiger partial charge in [0.05, 0.1) is 36.1 Å². The molecule has 2 fully saturated rings. The van der Waals surface area contributed by atoms with Crippen molar-refractivity contribution >= 4 is 35.1 Å². The largest absolute Gasteiger partial charge is 0.390 e. The first kappa shape index (κ1) is 24.9. The molecule has 34 heavy (non-hydrogen) atoms. The summed E-state index contributed by atoms with van der Waals surface area (Å²) in [6, 6.07) is 5.26. The molecule has 0 bridgehead atoms. The van der Waals surface area contributed by atoms with Gasteiger partial charge < -0.3 is 25.4 Å². The molecular weight excluding hydrogens is 474 g/mol. The Morgan fingerprint density at radius 3 is 2.79 bits per heavy atom. The van der Waals surface area contributed by atoms with Gasteiger partial charge in [-0.3, -0.25) is 4.79 Å². The molecule has 1 aromatic heterocycles. The number of hydrogen-bond acceptors (Lipinski definition) is 8. The van der Waals surface area contributed by atoms with Gasteiger partial charge in [0.2, 0.25) is 0 Å². The molecule has 2 aliphatic rings. The van der Waals surface area contributed by atoms with Crippen molar-refractivity contribution in [3.63, 3.8) is 0 Å². The zero-order valence-corrected chi connectivity index (χ0v) is 21.0. The summed E-state index contributed by atoms with van der Waals surface area (Å²) in [5, 5.41) is 11.0. The van der Waals surface area contributed by atoms with E-state index in [0.29, 0.717) is 38.6 Å². The van der Waals surface area contributed by atoms with Crippen LogP contribution in [0.5, 0.6) is 0 Å². The maximum atomic E-state index is 12.4. The normalized spacial score (nSPS) is 21.6. The topological polar surface area (TPSA) is 105 Å². The number of carbonyl (C=O) groups is 1. The molecule has 2 aromatic rings. The quantitative estimate of drug-likeness (QED) is 0.580. The zero-order chi connectivity index (χ0) is 24.5. The first-order chi connectivity index (χ1) is 16.3. The summed E-state index contributed by atoms with van der Waals surface area (Å²) in [6.45, 7) is 5.76. The molecule has 2 atom stereocenters. The number of halogens is 1. The van der Waals surface area contributed by atoms with E-state index in [1.807, 2.05) is 6.07 Å². The van der Waals surface area contributed by atoms with Gasteiger partial charge in [0.15, 0.2) is 5.82 Å². The number of ether oxygens (including phenoxy) is 1. The number of aliphatic hydroxyl groups excluding tert-OH is 1. The van der Waals surface area contributed by atoms with Crippen molar-refractivity contribution in [2.45, 2.75) is 41.5 Å². The van der Waals surface area contributed by atoms with Crippen LogP contribution >= 0.6 is 23.4 Å². The summed E-state index contributed by atoms with van der Waals surface area (Å²) >= 11 is 7.83. The number of aliphatic hydroxyl groups is 1. The highest BCUT2D eigenvalue weighted by Gasteiger charge is 2.48. The van der Waals surface area contributed by atoms with Crippen LogP contribution in [-0.4, -0.2) is 71.8 Å². The van der Waals surface area contributed by atoms with Crippen LogP contribution < -0.4 is 10.6 Å². The molecule has 0 radical (unpaired) electrons. The van der Waals surface area contributed by atoms with Crippen molar-refractivity contribution in [3.8, 4) is 0 Å². The highest BCUT2D eigenvalue weighted by Crippen LogP contribution is 2.42. The molecule has 4 rings (SSSR count). The number of aromatic nitrogens is 2. The molecule has 2 aliphatic heterocycles. The van der Waals surface area contributed by atoms with E-state index in [9.17, 15) is 9.90 Å². The van der Waals surface area contributed by atoms with Crippen molar-refractivity contribution < 1.29 is 14.6 Å². The van der Waals surface area contributed by atoms with E-state index in [0.717, 1.165) is 25.9 Å². The molecule has 0 aliphatic carbocycles. The van der Waals surface area contributed by atoms with Gasteiger partial charge in [-0.1, -0.05) is 35.5 Å². The van der Waals surface area contributed by atoms with Crippen molar-refractivity contribution in [3.05, 3.63) is 53.3 Å². The average molecular weight is 504 g/mol. The molecule has 8 nitrogen and oxygen atoms in total. The second-order valence-electron chi connectivity index (χ2n) is 8.94. The predicted molar refractivity (Wildman–Crippen MR) is 133 cm³/mol. The fourth-order valence-electron chi connectivity index (χ4n) is 4.60. The molecule has 182 valence electrons. The van der Waals surface area contributed by atoms with Crippen molar-refractivity contribution in [2.75, 3.05) is 38.7 Å². The fraction of sp³-hybridized carbons (Fsp3) is 0.458. The highest BCUT2D eigenvalue weighted by atomic mass is 35.5. The predicted octanol–water partition coefficient (Wildman–Crippen LogP) is 2.97. The third kappa shape index (κ3) is 4.67. The zero-order valence-electron chi connectivity index (χ0n) is 19.4. The summed E-state index contributed by atoms with van der Waals surface area (Å²) in [4.78, 5) is 26.0. The maximum Gasteiger partial charge on any atom is 0.254 e. The van der Waals surface area contributed by atoms with Crippen LogP contribution in [0.15, 0.2) is 47.0 Å². The highest BCUT2D eigenvalue weighted by molar-refractivity contribution is 7.99. The van der Waals surface area contributed by atoms with E-state index < -0.39 is 0 Å². The summed E-state index contributed by atoms with van der Waals surface area (Å²) < 4.78 is 5.84. The van der Waals surface area contributed by atoms with Crippen LogP contribution in [-0.2, 0) is 11.3 Å². The van der Waals surface area contributed by atoms with E-state index in [-0.39, 0.29) is 30.1 Å². The number of nitrogens with two attached hydrogens (primary N) is 1. The number of nitrogens with zero attached hydrogens (tertiary/aromatic N) is 4. The minimum atomic E-state index is -0.230. The molecular formula is C24H30ClN5O3S. The third-order valence-corrected chi connectivity index (χ3v) is 8.17. The van der Waals surface area contributed by atoms with E-state index in [2.05, 4.69) is 21.4 Å². The molecule has 0 unspecified atom stereocenters. The summed E-state index contributed by atoms with van der Waals surface area (Å²) in [5.41, 5.74) is 7.36. The van der Waals surface area contributed by atoms with Crippen LogP contribution in [0.4, 0.5) is 5.82 Å². The van der Waals surface area contributed by atoms with E-state index >= 15 is 0 Å². The molecule has 1 amide bonds. The van der Waals surface area contributed by atoms with Crippen LogP contribution in [0.1, 0.15) is 28.9 Å². The first-order valence-electron chi connectivity index (χ1n) is 11.2. The number of rotatable bonds is 6. The SMILES string of the molecule is C=C[C@@H]1OCC2(CCN(c3ncc(Sc4cccc(C(=O)N(C)C)c4Cl)nc3CO)CC2)[C@@H]1N. The first-order valence-corrected chi connectivity index (χ1v) is 12.4. The van der Waals surface area contributed by atoms with E-state index in [4.69, 9.17) is 22.1 Å². The van der Waals surface area contributed by atoms with Gasteiger partial charge in [0.1, 0.15) is 10.7 Å². The number of hydrogen-bond donors (Lipinski definition) is 2. The average Bonchev–Trinajstić information content (AvgIpc) is 3.15. The standard InChI is InChI=1S/C24H30ClN5O3S/c1-4-17-21(26)24(14-33-17)8-10-30(11-9-24)22-16(13-31)28-19(12-27-22)34-18-7-5-6-15(20(18)25)23(32)29(2)3/h4-7,12,17,21,31H,1,8-11,13-14,26H2,2-3H3/t17-,21+/m0/s1. The summed E-state index contributed by atoms with van der Waals surface area (Å²) in [5.74, 6) is 0.511. The van der Waals surface area contributed by atoms with Crippen molar-refractivity contribution in [1.82, 2.24) is 14.9 Å². The number of carbonyl (C=O) groups excluding carboxylic acids is 1. The summed E-state index contributed by atoms with van der Waals surface area (Å²) in [7, 11) is 3.37. The second kappa shape index (κ2) is 10.2. The lowest BCUT2D eigenvalue weighted by Crippen LogP contribution is -2.51. The Hall–Kier alpha value is -2.17. The lowest BCUT2D eigenvalue weighted by molar-refractivity contribution is 0.0827. The van der Waals surface area contributed by atoms with Crippen molar-refractivity contribution in [2.24, 2.45) is 11.1 Å². The third-order valence-electron chi connectivity index (χ3n) is 6.68. The minimum absolute atomic E-state index is 0.0519. The van der Waals surface area contributed by atoms with Crippen LogP contribution in [0, 0.1) is 5.41 Å². The maximum absolute atomic E-state index is 12.4. The number of benzene rings is 1. The van der Waals surface area contributed by atoms with Gasteiger partial charge in [0, 0.05) is 43.5 Å². The molecule has 1 spiro atoms. The Kier molecular flexibility index (Phi) is 7.49. The van der Waals surface area contributed by atoms with Gasteiger partial charge in [-0.25, -0.2) is 9.97 Å².